The number of furan rings is 1. The lowest BCUT2D eigenvalue weighted by Gasteiger charge is -2.03. The van der Waals surface area contributed by atoms with E-state index in [0.717, 1.165) is 22.6 Å². The molecular weight excluding hydrogens is 364 g/mol. The van der Waals surface area contributed by atoms with Gasteiger partial charge in [-0.15, -0.1) is 20.4 Å². The van der Waals surface area contributed by atoms with E-state index in [9.17, 15) is 0 Å². The Labute approximate surface area is 159 Å². The average molecular weight is 382 g/mol. The molecule has 4 aromatic rings. The van der Waals surface area contributed by atoms with E-state index < -0.39 is 0 Å². The van der Waals surface area contributed by atoms with Crippen molar-refractivity contribution in [2.45, 2.75) is 31.7 Å². The van der Waals surface area contributed by atoms with Gasteiger partial charge in [-0.1, -0.05) is 41.6 Å². The van der Waals surface area contributed by atoms with Crippen molar-refractivity contribution < 1.29 is 8.83 Å². The lowest BCUT2D eigenvalue weighted by atomic mass is 10.1. The second-order valence-corrected chi connectivity index (χ2v) is 7.10. The first-order valence-electron chi connectivity index (χ1n) is 8.31. The zero-order valence-corrected chi connectivity index (χ0v) is 15.9. The normalized spacial score (nSPS) is 11.2. The predicted octanol–water partition coefficient (Wildman–Crippen LogP) is 3.52. The second kappa shape index (κ2) is 6.92. The Hall–Kier alpha value is -3.07. The van der Waals surface area contributed by atoms with Gasteiger partial charge >= 0.3 is 0 Å². The van der Waals surface area contributed by atoms with Crippen molar-refractivity contribution in [1.82, 2.24) is 25.1 Å². The van der Waals surface area contributed by atoms with Crippen LogP contribution in [0.5, 0.6) is 0 Å². The first-order valence-corrected chi connectivity index (χ1v) is 9.30. The van der Waals surface area contributed by atoms with E-state index in [-0.39, 0.29) is 0 Å². The summed E-state index contributed by atoms with van der Waals surface area (Å²) in [5.74, 6) is 9.66. The molecule has 27 heavy (non-hydrogen) atoms. The van der Waals surface area contributed by atoms with Gasteiger partial charge in [0.1, 0.15) is 11.5 Å². The largest absolute Gasteiger partial charge is 0.466 e. The van der Waals surface area contributed by atoms with Gasteiger partial charge in [-0.3, -0.25) is 0 Å². The highest BCUT2D eigenvalue weighted by Crippen LogP contribution is 2.28. The lowest BCUT2D eigenvalue weighted by Crippen LogP contribution is -2.11. The minimum absolute atomic E-state index is 0.437. The zero-order chi connectivity index (χ0) is 19.0. The highest BCUT2D eigenvalue weighted by atomic mass is 32.2. The molecule has 4 rings (SSSR count). The summed E-state index contributed by atoms with van der Waals surface area (Å²) in [5.41, 5.74) is 2.89. The highest BCUT2D eigenvalue weighted by molar-refractivity contribution is 7.98. The van der Waals surface area contributed by atoms with Crippen LogP contribution >= 0.6 is 11.8 Å². The van der Waals surface area contributed by atoms with E-state index in [4.69, 9.17) is 14.7 Å². The van der Waals surface area contributed by atoms with Crippen LogP contribution < -0.4 is 5.84 Å². The van der Waals surface area contributed by atoms with E-state index in [1.807, 2.05) is 51.1 Å². The van der Waals surface area contributed by atoms with Crippen molar-refractivity contribution in [2.24, 2.45) is 0 Å². The van der Waals surface area contributed by atoms with Crippen LogP contribution in [0.25, 0.3) is 22.8 Å². The number of hydrogen-bond donors (Lipinski definition) is 1. The molecule has 0 fully saturated rings. The van der Waals surface area contributed by atoms with E-state index in [0.29, 0.717) is 28.5 Å². The van der Waals surface area contributed by atoms with Gasteiger partial charge in [-0.05, 0) is 26.8 Å². The smallest absolute Gasteiger partial charge is 0.251 e. The van der Waals surface area contributed by atoms with Crippen molar-refractivity contribution in [2.75, 3.05) is 5.84 Å². The van der Waals surface area contributed by atoms with Crippen LogP contribution in [0.15, 0.2) is 44.3 Å². The third kappa shape index (κ3) is 3.45. The Balaban J connectivity index is 1.48. The van der Waals surface area contributed by atoms with Gasteiger partial charge in [0, 0.05) is 5.56 Å². The van der Waals surface area contributed by atoms with Gasteiger partial charge in [0.05, 0.1) is 11.3 Å². The maximum absolute atomic E-state index is 6.15. The fraction of sp³-hybridized carbons (Fsp3) is 0.222. The summed E-state index contributed by atoms with van der Waals surface area (Å²) >= 11 is 1.38. The summed E-state index contributed by atoms with van der Waals surface area (Å²) in [5, 5.41) is 17.1. The van der Waals surface area contributed by atoms with Crippen LogP contribution in [-0.4, -0.2) is 25.1 Å². The Morgan fingerprint density at radius 2 is 1.78 bits per heavy atom. The average Bonchev–Trinajstić information content (AvgIpc) is 3.33. The van der Waals surface area contributed by atoms with Crippen molar-refractivity contribution in [3.63, 3.8) is 0 Å². The van der Waals surface area contributed by atoms with E-state index in [2.05, 4.69) is 20.4 Å². The highest BCUT2D eigenvalue weighted by Gasteiger charge is 2.17. The number of rotatable bonds is 5. The first kappa shape index (κ1) is 17.3. The van der Waals surface area contributed by atoms with Gasteiger partial charge in [0.25, 0.3) is 5.89 Å². The summed E-state index contributed by atoms with van der Waals surface area (Å²) in [6.07, 6.45) is 0. The Kier molecular flexibility index (Phi) is 4.44. The van der Waals surface area contributed by atoms with Gasteiger partial charge in [-0.2, -0.15) is 0 Å². The molecule has 1 aromatic carbocycles. The molecular formula is C18H18N6O2S. The molecule has 0 unspecified atom stereocenters. The molecule has 0 aliphatic heterocycles. The molecule has 0 aliphatic carbocycles. The third-order valence-corrected chi connectivity index (χ3v) is 4.97. The number of thioether (sulfide) groups is 1. The molecule has 0 aliphatic rings. The fourth-order valence-corrected chi connectivity index (χ4v) is 3.36. The van der Waals surface area contributed by atoms with Crippen molar-refractivity contribution in [3.05, 3.63) is 53.3 Å². The molecule has 138 valence electrons. The fourth-order valence-electron chi connectivity index (χ4n) is 2.67. The number of nitrogens with two attached hydrogens (primary N) is 1. The first-order chi connectivity index (χ1) is 13.0. The molecule has 2 N–H and O–H groups in total. The van der Waals surface area contributed by atoms with Gasteiger partial charge in [0.15, 0.2) is 5.82 Å². The Morgan fingerprint density at radius 3 is 2.48 bits per heavy atom. The summed E-state index contributed by atoms with van der Waals surface area (Å²) in [6.45, 7) is 5.77. The van der Waals surface area contributed by atoms with Crippen LogP contribution in [0, 0.1) is 20.8 Å². The van der Waals surface area contributed by atoms with Crippen molar-refractivity contribution in [3.8, 4) is 22.8 Å². The maximum Gasteiger partial charge on any atom is 0.251 e. The molecule has 3 aromatic heterocycles. The summed E-state index contributed by atoms with van der Waals surface area (Å²) in [4.78, 5) is 0. The van der Waals surface area contributed by atoms with Crippen molar-refractivity contribution >= 4 is 11.8 Å². The topological polar surface area (TPSA) is 109 Å². The summed E-state index contributed by atoms with van der Waals surface area (Å²) in [6, 6.07) is 9.84. The minimum atomic E-state index is 0.437. The number of nitrogen functional groups attached to an aromatic ring is 1. The van der Waals surface area contributed by atoms with E-state index in [1.165, 1.54) is 22.0 Å². The second-order valence-electron chi connectivity index (χ2n) is 6.16. The standard InChI is InChI=1S/C18H18N6O2S/c1-10-4-6-13(7-5-10)16-21-23-18(24(16)19)27-9-15-20-22-17(26-15)14-8-11(2)25-12(14)3/h4-8H,9,19H2,1-3H3. The van der Waals surface area contributed by atoms with Crippen LogP contribution in [0.4, 0.5) is 0 Å². The van der Waals surface area contributed by atoms with Crippen LogP contribution in [0.3, 0.4) is 0 Å². The quantitative estimate of drug-likeness (QED) is 0.412. The Morgan fingerprint density at radius 1 is 1.00 bits per heavy atom. The number of nitrogens with zero attached hydrogens (tertiary/aromatic N) is 5. The summed E-state index contributed by atoms with van der Waals surface area (Å²) < 4.78 is 12.7. The van der Waals surface area contributed by atoms with Crippen LogP contribution in [0.1, 0.15) is 23.0 Å². The molecule has 0 radical (unpaired) electrons. The van der Waals surface area contributed by atoms with Crippen molar-refractivity contribution in [1.29, 1.82) is 0 Å². The summed E-state index contributed by atoms with van der Waals surface area (Å²) in [7, 11) is 0. The number of aromatic nitrogens is 5. The van der Waals surface area contributed by atoms with E-state index >= 15 is 0 Å². The van der Waals surface area contributed by atoms with Gasteiger partial charge in [-0.25, -0.2) is 4.68 Å². The van der Waals surface area contributed by atoms with Gasteiger partial charge in [0.2, 0.25) is 11.0 Å². The molecule has 0 saturated heterocycles. The van der Waals surface area contributed by atoms with E-state index in [1.54, 1.807) is 0 Å². The SMILES string of the molecule is Cc1ccc(-c2nnc(SCc3nnc(-c4cc(C)oc4C)o3)n2N)cc1. The number of aryl methyl sites for hydroxylation is 3. The van der Waals surface area contributed by atoms with Gasteiger partial charge < -0.3 is 14.7 Å². The molecule has 0 spiro atoms. The number of hydrogen-bond acceptors (Lipinski definition) is 8. The molecule has 0 amide bonds. The molecule has 0 bridgehead atoms. The molecule has 8 nitrogen and oxygen atoms in total. The Bertz CT molecular complexity index is 1080. The number of benzene rings is 1. The third-order valence-electron chi connectivity index (χ3n) is 4.04. The maximum atomic E-state index is 6.15. The molecule has 0 atom stereocenters. The monoisotopic (exact) mass is 382 g/mol. The lowest BCUT2D eigenvalue weighted by molar-refractivity contribution is 0.499. The van der Waals surface area contributed by atoms with Crippen LogP contribution in [-0.2, 0) is 5.75 Å². The molecule has 9 heteroatoms. The molecule has 3 heterocycles. The van der Waals surface area contributed by atoms with Crippen LogP contribution in [0.2, 0.25) is 0 Å². The minimum Gasteiger partial charge on any atom is -0.466 e. The predicted molar refractivity (Wildman–Crippen MR) is 101 cm³/mol. The zero-order valence-electron chi connectivity index (χ0n) is 15.1. The molecule has 0 saturated carbocycles.